The summed E-state index contributed by atoms with van der Waals surface area (Å²) in [6.45, 7) is 0. The number of anilines is 1. The number of hydrogen-bond donors (Lipinski definition) is 1. The Kier molecular flexibility index (Phi) is 0.900. The molecule has 0 fully saturated rings. The van der Waals surface area contributed by atoms with Crippen molar-refractivity contribution < 1.29 is 0 Å². The zero-order valence-corrected chi connectivity index (χ0v) is 4.67. The van der Waals surface area contributed by atoms with E-state index in [0.717, 1.165) is 0 Å². The molecule has 32 valence electrons. The Balaban J connectivity index is 3.05. The SMILES string of the molecule is Nc1c[se]nn1. The molecule has 0 aromatic carbocycles. The van der Waals surface area contributed by atoms with Crippen molar-refractivity contribution in [2.24, 2.45) is 0 Å². The summed E-state index contributed by atoms with van der Waals surface area (Å²) in [4.78, 5) is 1.83. The van der Waals surface area contributed by atoms with Gasteiger partial charge in [-0.05, 0) is 0 Å². The number of nitrogen functional groups attached to an aromatic ring is 1. The Morgan fingerprint density at radius 3 is 2.83 bits per heavy atom. The number of nitrogens with zero attached hydrogens (tertiary/aromatic N) is 2. The van der Waals surface area contributed by atoms with Crippen molar-refractivity contribution in [3.63, 3.8) is 0 Å². The first kappa shape index (κ1) is 3.84. The second-order valence-corrected chi connectivity index (χ2v) is 2.11. The van der Waals surface area contributed by atoms with Gasteiger partial charge in [-0.15, -0.1) is 0 Å². The Labute approximate surface area is 41.2 Å². The molecule has 0 aliphatic heterocycles. The van der Waals surface area contributed by atoms with Gasteiger partial charge in [-0.3, -0.25) is 0 Å². The van der Waals surface area contributed by atoms with Crippen molar-refractivity contribution in [3.8, 4) is 0 Å². The molecule has 0 aliphatic carbocycles. The van der Waals surface area contributed by atoms with Crippen molar-refractivity contribution >= 4 is 20.6 Å². The van der Waals surface area contributed by atoms with Gasteiger partial charge in [0, 0.05) is 0 Å². The molecule has 0 radical (unpaired) electrons. The predicted octanol–water partition coefficient (Wildman–Crippen LogP) is -0.884. The van der Waals surface area contributed by atoms with Crippen molar-refractivity contribution in [2.75, 3.05) is 5.73 Å². The molecule has 4 heteroatoms. The van der Waals surface area contributed by atoms with Gasteiger partial charge >= 0.3 is 40.4 Å². The van der Waals surface area contributed by atoms with E-state index >= 15 is 0 Å². The van der Waals surface area contributed by atoms with Crippen molar-refractivity contribution in [1.29, 1.82) is 0 Å². The third-order valence-electron chi connectivity index (χ3n) is 0.377. The van der Waals surface area contributed by atoms with E-state index in [0.29, 0.717) is 5.82 Å². The van der Waals surface area contributed by atoms with E-state index in [1.807, 2.05) is 4.94 Å². The van der Waals surface area contributed by atoms with Crippen molar-refractivity contribution in [2.45, 2.75) is 0 Å². The molecular weight excluding hydrogens is 145 g/mol. The molecule has 0 atom stereocenters. The number of aromatic nitrogens is 2. The number of hydrogen-bond acceptors (Lipinski definition) is 3. The minimum atomic E-state index is 0.212. The van der Waals surface area contributed by atoms with E-state index in [1.165, 1.54) is 0 Å². The molecule has 3 nitrogen and oxygen atoms in total. The Hall–Kier alpha value is -0.341. The molecule has 0 saturated carbocycles. The molecule has 0 bridgehead atoms. The molecule has 1 aromatic rings. The molecule has 0 spiro atoms. The summed E-state index contributed by atoms with van der Waals surface area (Å²) in [7, 11) is 0. The first-order valence-corrected chi connectivity index (χ1v) is 3.17. The molecule has 1 rings (SSSR count). The zero-order valence-electron chi connectivity index (χ0n) is 2.96. The normalized spacial score (nSPS) is 8.67. The predicted molar refractivity (Wildman–Crippen MR) is 23.4 cm³/mol. The van der Waals surface area contributed by atoms with Crippen molar-refractivity contribution in [1.82, 2.24) is 9.19 Å². The van der Waals surface area contributed by atoms with E-state index in [1.54, 1.807) is 0 Å². The first-order valence-electron chi connectivity index (χ1n) is 1.42. The van der Waals surface area contributed by atoms with Crippen LogP contribution >= 0.6 is 0 Å². The van der Waals surface area contributed by atoms with E-state index < -0.39 is 0 Å². The summed E-state index contributed by atoms with van der Waals surface area (Å²) in [6, 6.07) is 0. The van der Waals surface area contributed by atoms with Crippen LogP contribution in [0.5, 0.6) is 0 Å². The van der Waals surface area contributed by atoms with Gasteiger partial charge in [0.25, 0.3) is 0 Å². The van der Waals surface area contributed by atoms with Gasteiger partial charge < -0.3 is 0 Å². The second kappa shape index (κ2) is 1.41. The van der Waals surface area contributed by atoms with Crippen LogP contribution in [-0.4, -0.2) is 23.9 Å². The Bertz CT molecular complexity index is 112. The average Bonchev–Trinajstić information content (AvgIpc) is 1.86. The van der Waals surface area contributed by atoms with Crippen molar-refractivity contribution in [3.05, 3.63) is 4.94 Å². The van der Waals surface area contributed by atoms with Gasteiger partial charge in [0.05, 0.1) is 0 Å². The number of nitrogens with two attached hydrogens (primary N) is 1. The van der Waals surface area contributed by atoms with Gasteiger partial charge in [0.15, 0.2) is 0 Å². The molecule has 6 heavy (non-hydrogen) atoms. The average molecular weight is 148 g/mol. The van der Waals surface area contributed by atoms with Gasteiger partial charge in [-0.2, -0.15) is 0 Å². The minimum absolute atomic E-state index is 0.212. The molecule has 1 aromatic heterocycles. The van der Waals surface area contributed by atoms with Crippen LogP contribution in [0.15, 0.2) is 4.94 Å². The topological polar surface area (TPSA) is 51.8 Å². The van der Waals surface area contributed by atoms with E-state index in [-0.39, 0.29) is 14.7 Å². The number of rotatable bonds is 0. The summed E-state index contributed by atoms with van der Waals surface area (Å²) < 4.78 is 3.63. The van der Waals surface area contributed by atoms with Gasteiger partial charge in [0.2, 0.25) is 0 Å². The molecule has 2 N–H and O–H groups in total. The van der Waals surface area contributed by atoms with Gasteiger partial charge in [0.1, 0.15) is 0 Å². The fourth-order valence-electron chi connectivity index (χ4n) is 0.172. The molecule has 0 aliphatic rings. The molecule has 0 unspecified atom stereocenters. The first-order chi connectivity index (χ1) is 2.89. The third-order valence-corrected chi connectivity index (χ3v) is 1.47. The van der Waals surface area contributed by atoms with Crippen LogP contribution in [0, 0.1) is 0 Å². The molecule has 1 heterocycles. The van der Waals surface area contributed by atoms with Crippen LogP contribution in [0.4, 0.5) is 5.82 Å². The van der Waals surface area contributed by atoms with Crippen LogP contribution in [0.3, 0.4) is 0 Å². The fourth-order valence-corrected chi connectivity index (χ4v) is 0.893. The molecule has 0 amide bonds. The van der Waals surface area contributed by atoms with Gasteiger partial charge in [-0.25, -0.2) is 0 Å². The summed E-state index contributed by atoms with van der Waals surface area (Å²) in [5.41, 5.74) is 5.15. The molecular formula is C2H3N3Se. The summed E-state index contributed by atoms with van der Waals surface area (Å²) in [5, 5.41) is 3.53. The van der Waals surface area contributed by atoms with Gasteiger partial charge in [-0.1, -0.05) is 0 Å². The van der Waals surface area contributed by atoms with Crippen LogP contribution < -0.4 is 5.73 Å². The molecule has 0 saturated heterocycles. The quantitative estimate of drug-likeness (QED) is 0.486. The van der Waals surface area contributed by atoms with Crippen LogP contribution in [0.1, 0.15) is 0 Å². The zero-order chi connectivity index (χ0) is 4.41. The van der Waals surface area contributed by atoms with Crippen LogP contribution in [0.2, 0.25) is 0 Å². The van der Waals surface area contributed by atoms with Crippen LogP contribution in [0.25, 0.3) is 0 Å². The summed E-state index contributed by atoms with van der Waals surface area (Å²) >= 11 is 0.212. The Morgan fingerprint density at radius 1 is 1.83 bits per heavy atom. The summed E-state index contributed by atoms with van der Waals surface area (Å²) in [6.07, 6.45) is 0. The van der Waals surface area contributed by atoms with E-state index in [2.05, 4.69) is 9.19 Å². The maximum absolute atomic E-state index is 5.15. The van der Waals surface area contributed by atoms with E-state index in [9.17, 15) is 0 Å². The fraction of sp³-hybridized carbons (Fsp3) is 0. The van der Waals surface area contributed by atoms with Crippen LogP contribution in [-0.2, 0) is 0 Å². The second-order valence-electron chi connectivity index (χ2n) is 0.830. The Morgan fingerprint density at radius 2 is 2.67 bits per heavy atom. The third kappa shape index (κ3) is 0.584. The van der Waals surface area contributed by atoms with E-state index in [4.69, 9.17) is 5.73 Å². The maximum atomic E-state index is 5.15. The monoisotopic (exact) mass is 149 g/mol. The standard InChI is InChI=1S/C2H3N3Se/c3-2-1-6-5-4-2/h1H,3H2. The summed E-state index contributed by atoms with van der Waals surface area (Å²) in [5.74, 6) is 0.565.